The molecule has 0 saturated carbocycles. The number of aliphatic carboxylic acids is 1. The van der Waals surface area contributed by atoms with E-state index in [0.29, 0.717) is 11.1 Å². The third kappa shape index (κ3) is 5.06. The standard InChI is InChI=1S/C34H26ClF3N2O3/c1-20(21-9-3-2-4-10-21)39-19-28(33(42)43)40-31(39)29(24-14-8-15-25(17-24)34(36,37)38)27(30(35)32(40)41)18-23-13-7-12-22-11-5-6-16-26(22)23/h2-17,20,28H,18-19H2,1H3,(H,42,43). The molecule has 9 heteroatoms. The molecule has 0 bridgehead atoms. The first kappa shape index (κ1) is 28.6. The van der Waals surface area contributed by atoms with Gasteiger partial charge in [-0.15, -0.1) is 0 Å². The van der Waals surface area contributed by atoms with E-state index in [4.69, 9.17) is 11.6 Å². The van der Waals surface area contributed by atoms with Gasteiger partial charge in [-0.05, 0) is 52.1 Å². The maximum absolute atomic E-state index is 13.9. The summed E-state index contributed by atoms with van der Waals surface area (Å²) in [6.45, 7) is 1.81. The van der Waals surface area contributed by atoms with Gasteiger partial charge in [0.2, 0.25) is 0 Å². The summed E-state index contributed by atoms with van der Waals surface area (Å²) >= 11 is 6.81. The molecule has 0 spiro atoms. The maximum atomic E-state index is 13.9. The van der Waals surface area contributed by atoms with E-state index in [-0.39, 0.29) is 29.4 Å². The summed E-state index contributed by atoms with van der Waals surface area (Å²) in [5.41, 5.74) is 0.948. The highest BCUT2D eigenvalue weighted by atomic mass is 35.5. The lowest BCUT2D eigenvalue weighted by molar-refractivity contribution is -0.140. The van der Waals surface area contributed by atoms with Crippen LogP contribution in [0.3, 0.4) is 0 Å². The maximum Gasteiger partial charge on any atom is 0.416 e. The van der Waals surface area contributed by atoms with Crippen molar-refractivity contribution < 1.29 is 23.1 Å². The van der Waals surface area contributed by atoms with E-state index in [1.165, 1.54) is 12.1 Å². The van der Waals surface area contributed by atoms with Crippen molar-refractivity contribution in [3.63, 3.8) is 0 Å². The fourth-order valence-electron chi connectivity index (χ4n) is 6.02. The predicted octanol–water partition coefficient (Wildman–Crippen LogP) is 8.14. The Balaban J connectivity index is 1.68. The van der Waals surface area contributed by atoms with Gasteiger partial charge in [0.1, 0.15) is 10.8 Å². The number of carbonyl (C=O) groups is 1. The van der Waals surface area contributed by atoms with Gasteiger partial charge in [0.15, 0.2) is 6.04 Å². The highest BCUT2D eigenvalue weighted by Gasteiger charge is 2.41. The highest BCUT2D eigenvalue weighted by molar-refractivity contribution is 6.32. The number of pyridine rings is 1. The molecule has 2 atom stereocenters. The number of nitrogens with zero attached hydrogens (tertiary/aromatic N) is 2. The summed E-state index contributed by atoms with van der Waals surface area (Å²) in [6.07, 6.45) is -4.48. The molecule has 0 aliphatic carbocycles. The molecule has 2 heterocycles. The SMILES string of the molecule is CC(c1ccccc1)N1CC(C(=O)O)n2c1c(-c1cccc(C(F)(F)F)c1)c(Cc1cccc3ccccc13)c(Cl)c2=O. The van der Waals surface area contributed by atoms with Crippen LogP contribution in [0.1, 0.15) is 41.3 Å². The molecule has 1 N–H and O–H groups in total. The monoisotopic (exact) mass is 602 g/mol. The summed E-state index contributed by atoms with van der Waals surface area (Å²) < 4.78 is 43.0. The molecule has 1 aromatic heterocycles. The normalized spacial score (nSPS) is 15.5. The lowest BCUT2D eigenvalue weighted by Gasteiger charge is -2.30. The smallest absolute Gasteiger partial charge is 0.416 e. The molecule has 1 aliphatic rings. The Morgan fingerprint density at radius 1 is 0.977 bits per heavy atom. The van der Waals surface area contributed by atoms with E-state index in [1.807, 2.05) is 79.7 Å². The van der Waals surface area contributed by atoms with E-state index in [0.717, 1.165) is 38.6 Å². The lowest BCUT2D eigenvalue weighted by Crippen LogP contribution is -2.29. The van der Waals surface area contributed by atoms with Gasteiger partial charge >= 0.3 is 12.1 Å². The van der Waals surface area contributed by atoms with E-state index in [2.05, 4.69) is 0 Å². The van der Waals surface area contributed by atoms with E-state index in [9.17, 15) is 27.9 Å². The van der Waals surface area contributed by atoms with Gasteiger partial charge in [0, 0.05) is 12.0 Å². The first-order chi connectivity index (χ1) is 20.6. The molecule has 2 unspecified atom stereocenters. The first-order valence-corrected chi connectivity index (χ1v) is 14.1. The number of halogens is 4. The van der Waals surface area contributed by atoms with Gasteiger partial charge in [0.25, 0.3) is 5.56 Å². The number of hydrogen-bond donors (Lipinski definition) is 1. The molecular formula is C34H26ClF3N2O3. The fourth-order valence-corrected chi connectivity index (χ4v) is 6.27. The molecule has 0 fully saturated rings. The van der Waals surface area contributed by atoms with E-state index >= 15 is 0 Å². The van der Waals surface area contributed by atoms with Gasteiger partial charge in [0.05, 0.1) is 18.2 Å². The lowest BCUT2D eigenvalue weighted by atomic mass is 9.91. The summed E-state index contributed by atoms with van der Waals surface area (Å²) in [5.74, 6) is -1.01. The van der Waals surface area contributed by atoms with Crippen molar-refractivity contribution in [3.05, 3.63) is 135 Å². The van der Waals surface area contributed by atoms with Crippen LogP contribution >= 0.6 is 11.6 Å². The first-order valence-electron chi connectivity index (χ1n) is 13.7. The Bertz CT molecular complexity index is 1920. The van der Waals surface area contributed by atoms with Crippen LogP contribution in [0.25, 0.3) is 21.9 Å². The van der Waals surface area contributed by atoms with Crippen molar-refractivity contribution in [2.75, 3.05) is 11.4 Å². The highest BCUT2D eigenvalue weighted by Crippen LogP contribution is 2.46. The van der Waals surface area contributed by atoms with Crippen molar-refractivity contribution in [1.29, 1.82) is 0 Å². The quantitative estimate of drug-likeness (QED) is 0.213. The average Bonchev–Trinajstić information content (AvgIpc) is 3.40. The largest absolute Gasteiger partial charge is 0.480 e. The third-order valence-corrected chi connectivity index (χ3v) is 8.53. The average molecular weight is 603 g/mol. The summed E-state index contributed by atoms with van der Waals surface area (Å²) in [7, 11) is 0. The third-order valence-electron chi connectivity index (χ3n) is 8.14. The molecular weight excluding hydrogens is 577 g/mol. The zero-order valence-electron chi connectivity index (χ0n) is 23.0. The van der Waals surface area contributed by atoms with Crippen LogP contribution in [0, 0.1) is 0 Å². The number of carboxylic acid groups (broad SMARTS) is 1. The minimum absolute atomic E-state index is 0.0688. The minimum Gasteiger partial charge on any atom is -0.480 e. The number of fused-ring (bicyclic) bond motifs is 2. The van der Waals surface area contributed by atoms with Crippen LogP contribution in [0.4, 0.5) is 19.0 Å². The fraction of sp³-hybridized carbons (Fsp3) is 0.176. The number of anilines is 1. The number of aromatic nitrogens is 1. The molecule has 6 rings (SSSR count). The van der Waals surface area contributed by atoms with Crippen molar-refractivity contribution >= 4 is 34.2 Å². The van der Waals surface area contributed by atoms with Crippen LogP contribution in [0.2, 0.25) is 5.02 Å². The van der Waals surface area contributed by atoms with Gasteiger partial charge in [-0.2, -0.15) is 13.2 Å². The zero-order chi connectivity index (χ0) is 30.5. The number of rotatable bonds is 6. The Hall–Kier alpha value is -4.56. The molecule has 218 valence electrons. The number of hydrogen-bond acceptors (Lipinski definition) is 3. The van der Waals surface area contributed by atoms with Crippen LogP contribution in [-0.4, -0.2) is 22.2 Å². The Morgan fingerprint density at radius 3 is 2.37 bits per heavy atom. The van der Waals surface area contributed by atoms with E-state index in [1.54, 1.807) is 4.90 Å². The van der Waals surface area contributed by atoms with Crippen molar-refractivity contribution in [1.82, 2.24) is 4.57 Å². The molecule has 0 amide bonds. The molecule has 5 aromatic rings. The summed E-state index contributed by atoms with van der Waals surface area (Å²) in [6, 6.07) is 25.9. The number of benzene rings is 4. The van der Waals surface area contributed by atoms with Crippen molar-refractivity contribution in [2.24, 2.45) is 0 Å². The second kappa shape index (κ2) is 10.9. The van der Waals surface area contributed by atoms with Crippen molar-refractivity contribution in [2.45, 2.75) is 31.6 Å². The number of carboxylic acids is 1. The van der Waals surface area contributed by atoms with Crippen molar-refractivity contribution in [3.8, 4) is 11.1 Å². The summed E-state index contributed by atoms with van der Waals surface area (Å²) in [4.78, 5) is 28.2. The van der Waals surface area contributed by atoms with Crippen LogP contribution in [0.15, 0.2) is 102 Å². The molecule has 0 saturated heterocycles. The Labute approximate surface area is 250 Å². The molecule has 0 radical (unpaired) electrons. The van der Waals surface area contributed by atoms with Crippen LogP contribution < -0.4 is 10.5 Å². The van der Waals surface area contributed by atoms with Gasteiger partial charge < -0.3 is 10.0 Å². The van der Waals surface area contributed by atoms with Crippen LogP contribution in [-0.2, 0) is 17.4 Å². The molecule has 1 aliphatic heterocycles. The topological polar surface area (TPSA) is 62.5 Å². The Kier molecular flexibility index (Phi) is 7.26. The predicted molar refractivity (Wildman–Crippen MR) is 162 cm³/mol. The second-order valence-electron chi connectivity index (χ2n) is 10.7. The second-order valence-corrected chi connectivity index (χ2v) is 11.0. The number of alkyl halides is 3. The zero-order valence-corrected chi connectivity index (χ0v) is 23.7. The van der Waals surface area contributed by atoms with E-state index < -0.39 is 35.4 Å². The Morgan fingerprint density at radius 2 is 1.65 bits per heavy atom. The van der Waals surface area contributed by atoms with Gasteiger partial charge in [-0.25, -0.2) is 4.79 Å². The van der Waals surface area contributed by atoms with Gasteiger partial charge in [-0.3, -0.25) is 9.36 Å². The van der Waals surface area contributed by atoms with Gasteiger partial charge in [-0.1, -0.05) is 96.5 Å². The molecule has 4 aromatic carbocycles. The summed E-state index contributed by atoms with van der Waals surface area (Å²) in [5, 5.41) is 11.9. The van der Waals surface area contributed by atoms with Crippen LogP contribution in [0.5, 0.6) is 0 Å². The minimum atomic E-state index is -4.62. The molecule has 43 heavy (non-hydrogen) atoms. The molecule has 5 nitrogen and oxygen atoms in total.